The summed E-state index contributed by atoms with van der Waals surface area (Å²) in [6, 6.07) is 7.87. The molecule has 1 aromatic heterocycles. The Morgan fingerprint density at radius 2 is 1.91 bits per heavy atom. The number of thiazole rings is 1. The number of aryl methyl sites for hydroxylation is 1. The zero-order valence-corrected chi connectivity index (χ0v) is 13.5. The van der Waals surface area contributed by atoms with Crippen molar-refractivity contribution in [3.05, 3.63) is 39.7 Å². The number of carboxylic acids is 1. The second-order valence-electron chi connectivity index (χ2n) is 5.79. The maximum Gasteiger partial charge on any atom is 0.348 e. The van der Waals surface area contributed by atoms with Crippen LogP contribution in [-0.4, -0.2) is 34.0 Å². The predicted octanol–water partition coefficient (Wildman–Crippen LogP) is 3.80. The Morgan fingerprint density at radius 3 is 2.55 bits per heavy atom. The molecule has 116 valence electrons. The Bertz CT molecular complexity index is 658. The molecule has 22 heavy (non-hydrogen) atoms. The minimum atomic E-state index is -0.891. The highest BCUT2D eigenvalue weighted by Gasteiger charge is 2.20. The van der Waals surface area contributed by atoms with Gasteiger partial charge in [-0.2, -0.15) is 0 Å². The molecule has 0 unspecified atom stereocenters. The molecule has 0 saturated carbocycles. The molecule has 0 atom stereocenters. The molecule has 4 nitrogen and oxygen atoms in total. The molecule has 1 aliphatic rings. The average Bonchev–Trinajstić information content (AvgIpc) is 2.93. The fourth-order valence-electron chi connectivity index (χ4n) is 2.79. The summed E-state index contributed by atoms with van der Waals surface area (Å²) in [5.74, 6) is -0.891. The number of piperidine rings is 1. The van der Waals surface area contributed by atoms with Crippen molar-refractivity contribution in [3.8, 4) is 11.3 Å². The van der Waals surface area contributed by atoms with E-state index in [1.807, 2.05) is 31.2 Å². The van der Waals surface area contributed by atoms with Gasteiger partial charge in [-0.05, 0) is 32.9 Å². The monoisotopic (exact) mass is 316 g/mol. The van der Waals surface area contributed by atoms with Crippen LogP contribution in [0.1, 0.15) is 39.5 Å². The van der Waals surface area contributed by atoms with Crippen molar-refractivity contribution in [2.45, 2.75) is 32.7 Å². The average molecular weight is 316 g/mol. The molecule has 0 radical (unpaired) electrons. The molecule has 1 aromatic carbocycles. The van der Waals surface area contributed by atoms with E-state index in [2.05, 4.69) is 9.88 Å². The van der Waals surface area contributed by atoms with E-state index in [9.17, 15) is 9.90 Å². The minimum Gasteiger partial charge on any atom is -0.477 e. The second kappa shape index (κ2) is 6.58. The van der Waals surface area contributed by atoms with Gasteiger partial charge in [0, 0.05) is 5.56 Å². The van der Waals surface area contributed by atoms with E-state index in [1.54, 1.807) is 0 Å². The highest BCUT2D eigenvalue weighted by atomic mass is 32.1. The van der Waals surface area contributed by atoms with Crippen molar-refractivity contribution in [2.75, 3.05) is 13.1 Å². The number of aromatic nitrogens is 1. The molecule has 1 saturated heterocycles. The van der Waals surface area contributed by atoms with Gasteiger partial charge < -0.3 is 5.11 Å². The summed E-state index contributed by atoms with van der Waals surface area (Å²) in [5.41, 5.74) is 2.64. The van der Waals surface area contributed by atoms with Gasteiger partial charge >= 0.3 is 5.97 Å². The molecule has 1 N–H and O–H groups in total. The quantitative estimate of drug-likeness (QED) is 0.932. The van der Waals surface area contributed by atoms with Gasteiger partial charge in [0.15, 0.2) is 0 Å². The summed E-state index contributed by atoms with van der Waals surface area (Å²) in [5, 5.41) is 10.4. The number of benzene rings is 1. The third-order valence-corrected chi connectivity index (χ3v) is 5.03. The molecular weight excluding hydrogens is 296 g/mol. The molecule has 0 amide bonds. The van der Waals surface area contributed by atoms with E-state index in [0.717, 1.165) is 35.8 Å². The molecule has 0 bridgehead atoms. The van der Waals surface area contributed by atoms with Crippen LogP contribution in [0.25, 0.3) is 11.3 Å². The van der Waals surface area contributed by atoms with E-state index < -0.39 is 5.97 Å². The summed E-state index contributed by atoms with van der Waals surface area (Å²) in [6.45, 7) is 4.95. The van der Waals surface area contributed by atoms with E-state index in [1.165, 1.54) is 30.6 Å². The van der Waals surface area contributed by atoms with E-state index in [0.29, 0.717) is 10.6 Å². The first kappa shape index (κ1) is 15.2. The van der Waals surface area contributed by atoms with Crippen LogP contribution in [-0.2, 0) is 6.54 Å². The van der Waals surface area contributed by atoms with Gasteiger partial charge in [0.2, 0.25) is 0 Å². The zero-order valence-electron chi connectivity index (χ0n) is 12.7. The smallest absolute Gasteiger partial charge is 0.348 e. The van der Waals surface area contributed by atoms with Crippen molar-refractivity contribution in [3.63, 3.8) is 0 Å². The summed E-state index contributed by atoms with van der Waals surface area (Å²) >= 11 is 1.31. The summed E-state index contributed by atoms with van der Waals surface area (Å²) < 4.78 is 0. The first-order valence-electron chi connectivity index (χ1n) is 7.66. The van der Waals surface area contributed by atoms with Crippen molar-refractivity contribution in [1.82, 2.24) is 9.88 Å². The van der Waals surface area contributed by atoms with Crippen molar-refractivity contribution in [1.29, 1.82) is 0 Å². The van der Waals surface area contributed by atoms with Gasteiger partial charge in [-0.1, -0.05) is 36.2 Å². The lowest BCUT2D eigenvalue weighted by Gasteiger charge is -2.25. The lowest BCUT2D eigenvalue weighted by Crippen LogP contribution is -2.28. The number of rotatable bonds is 4. The van der Waals surface area contributed by atoms with Gasteiger partial charge in [-0.3, -0.25) is 4.90 Å². The Balaban J connectivity index is 1.88. The SMILES string of the molecule is Cc1ccc(-c2nc(CN3CCCCC3)sc2C(=O)O)cc1. The number of aromatic carboxylic acids is 1. The fourth-order valence-corrected chi connectivity index (χ4v) is 3.76. The van der Waals surface area contributed by atoms with E-state index >= 15 is 0 Å². The minimum absolute atomic E-state index is 0.343. The molecule has 0 spiro atoms. The van der Waals surface area contributed by atoms with Gasteiger partial charge in [0.1, 0.15) is 9.88 Å². The molecule has 5 heteroatoms. The number of likely N-dealkylation sites (tertiary alicyclic amines) is 1. The van der Waals surface area contributed by atoms with Crippen LogP contribution in [0, 0.1) is 6.92 Å². The number of hydrogen-bond acceptors (Lipinski definition) is 4. The summed E-state index contributed by atoms with van der Waals surface area (Å²) in [7, 11) is 0. The summed E-state index contributed by atoms with van der Waals surface area (Å²) in [6.07, 6.45) is 3.74. The predicted molar refractivity (Wildman–Crippen MR) is 88.4 cm³/mol. The lowest BCUT2D eigenvalue weighted by molar-refractivity contribution is 0.0702. The highest BCUT2D eigenvalue weighted by molar-refractivity contribution is 7.14. The molecule has 1 fully saturated rings. The van der Waals surface area contributed by atoms with Crippen LogP contribution < -0.4 is 0 Å². The van der Waals surface area contributed by atoms with Gasteiger partial charge in [0.05, 0.1) is 12.2 Å². The maximum atomic E-state index is 11.5. The maximum absolute atomic E-state index is 11.5. The van der Waals surface area contributed by atoms with Gasteiger partial charge in [-0.25, -0.2) is 9.78 Å². The number of carboxylic acid groups (broad SMARTS) is 1. The first-order chi connectivity index (χ1) is 10.6. The first-order valence-corrected chi connectivity index (χ1v) is 8.47. The zero-order chi connectivity index (χ0) is 15.5. The van der Waals surface area contributed by atoms with Gasteiger partial charge in [-0.15, -0.1) is 11.3 Å². The van der Waals surface area contributed by atoms with Gasteiger partial charge in [0.25, 0.3) is 0 Å². The number of carbonyl (C=O) groups is 1. The molecule has 1 aliphatic heterocycles. The van der Waals surface area contributed by atoms with Crippen LogP contribution in [0.2, 0.25) is 0 Å². The van der Waals surface area contributed by atoms with Crippen LogP contribution in [0.15, 0.2) is 24.3 Å². The van der Waals surface area contributed by atoms with Crippen LogP contribution in [0.3, 0.4) is 0 Å². The Hall–Kier alpha value is -1.72. The normalized spacial score (nSPS) is 15.9. The second-order valence-corrected chi connectivity index (χ2v) is 6.88. The van der Waals surface area contributed by atoms with Crippen LogP contribution in [0.4, 0.5) is 0 Å². The Morgan fingerprint density at radius 1 is 1.23 bits per heavy atom. The number of nitrogens with zero attached hydrogens (tertiary/aromatic N) is 2. The van der Waals surface area contributed by atoms with Crippen LogP contribution >= 0.6 is 11.3 Å². The molecule has 2 heterocycles. The van der Waals surface area contributed by atoms with E-state index in [4.69, 9.17) is 0 Å². The Kier molecular flexibility index (Phi) is 4.55. The van der Waals surface area contributed by atoms with Crippen molar-refractivity contribution < 1.29 is 9.90 Å². The number of hydrogen-bond donors (Lipinski definition) is 1. The standard InChI is InChI=1S/C17H20N2O2S/c1-12-5-7-13(8-6-12)15-16(17(20)21)22-14(18-15)11-19-9-3-2-4-10-19/h5-8H,2-4,9-11H2,1H3,(H,20,21). The van der Waals surface area contributed by atoms with Crippen molar-refractivity contribution in [2.24, 2.45) is 0 Å². The topological polar surface area (TPSA) is 53.4 Å². The molecular formula is C17H20N2O2S. The summed E-state index contributed by atoms with van der Waals surface area (Å²) in [4.78, 5) is 18.9. The lowest BCUT2D eigenvalue weighted by atomic mass is 10.1. The highest BCUT2D eigenvalue weighted by Crippen LogP contribution is 2.29. The molecule has 2 aromatic rings. The van der Waals surface area contributed by atoms with Crippen molar-refractivity contribution >= 4 is 17.3 Å². The Labute approximate surface area is 134 Å². The fraction of sp³-hybridized carbons (Fsp3) is 0.412. The molecule has 3 rings (SSSR count). The third-order valence-electron chi connectivity index (χ3n) is 4.00. The van der Waals surface area contributed by atoms with Crippen LogP contribution in [0.5, 0.6) is 0 Å². The molecule has 0 aliphatic carbocycles. The third kappa shape index (κ3) is 3.36. The largest absolute Gasteiger partial charge is 0.477 e. The van der Waals surface area contributed by atoms with E-state index in [-0.39, 0.29) is 0 Å².